The molecule has 0 radical (unpaired) electrons. The van der Waals surface area contributed by atoms with Crippen molar-refractivity contribution in [2.24, 2.45) is 5.92 Å². The number of nitrogens with zero attached hydrogens (tertiary/aromatic N) is 1. The van der Waals surface area contributed by atoms with Crippen LogP contribution in [0, 0.1) is 5.92 Å². The maximum atomic E-state index is 12.5. The molecule has 0 spiro atoms. The average molecular weight is 368 g/mol. The molecule has 6 heteroatoms. The third kappa shape index (κ3) is 4.00. The number of hydrogen-bond acceptors (Lipinski definition) is 3. The lowest BCUT2D eigenvalue weighted by atomic mass is 10.1. The number of carbonyl (C=O) groups is 2. The van der Waals surface area contributed by atoms with E-state index in [2.05, 4.69) is 15.6 Å². The van der Waals surface area contributed by atoms with E-state index in [1.807, 2.05) is 38.1 Å². The summed E-state index contributed by atoms with van der Waals surface area (Å²) >= 11 is 6.18. The van der Waals surface area contributed by atoms with Gasteiger partial charge in [-0.05, 0) is 29.7 Å². The molecule has 3 aromatic rings. The Bertz CT molecular complexity index is 986. The maximum Gasteiger partial charge on any atom is 0.274 e. The summed E-state index contributed by atoms with van der Waals surface area (Å²) in [6.45, 7) is 3.63. The molecule has 0 saturated heterocycles. The second-order valence-corrected chi connectivity index (χ2v) is 6.56. The van der Waals surface area contributed by atoms with Crippen molar-refractivity contribution in [2.75, 3.05) is 10.6 Å². The zero-order chi connectivity index (χ0) is 18.7. The summed E-state index contributed by atoms with van der Waals surface area (Å²) in [5, 5.41) is 7.50. The van der Waals surface area contributed by atoms with Crippen LogP contribution in [0.2, 0.25) is 5.15 Å². The topological polar surface area (TPSA) is 71.1 Å². The first-order valence-corrected chi connectivity index (χ1v) is 8.59. The number of nitrogens with one attached hydrogen (secondary N) is 2. The Hall–Kier alpha value is -2.92. The quantitative estimate of drug-likeness (QED) is 0.654. The van der Waals surface area contributed by atoms with Crippen LogP contribution in [0.15, 0.2) is 54.6 Å². The molecule has 2 amide bonds. The lowest BCUT2D eigenvalue weighted by Crippen LogP contribution is -2.18. The number of halogens is 1. The molecule has 0 aliphatic heterocycles. The van der Waals surface area contributed by atoms with Gasteiger partial charge in [-0.3, -0.25) is 9.59 Å². The molecule has 0 atom stereocenters. The fraction of sp³-hybridized carbons (Fsp3) is 0.150. The number of amides is 2. The van der Waals surface area contributed by atoms with E-state index >= 15 is 0 Å². The molecule has 2 aromatic carbocycles. The third-order valence-corrected chi connectivity index (χ3v) is 4.13. The highest BCUT2D eigenvalue weighted by atomic mass is 35.5. The van der Waals surface area contributed by atoms with Gasteiger partial charge in [0.25, 0.3) is 5.91 Å². The molecular weight excluding hydrogens is 350 g/mol. The SMILES string of the molecule is CC(C)C(=O)Nc1cccc(NC(=O)c2cc3ccccc3c(Cl)n2)c1. The minimum atomic E-state index is -0.370. The number of aromatic nitrogens is 1. The lowest BCUT2D eigenvalue weighted by molar-refractivity contribution is -0.118. The summed E-state index contributed by atoms with van der Waals surface area (Å²) in [4.78, 5) is 28.5. The van der Waals surface area contributed by atoms with Gasteiger partial charge in [0.1, 0.15) is 10.8 Å². The normalized spacial score (nSPS) is 10.8. The fourth-order valence-electron chi connectivity index (χ4n) is 2.43. The molecular formula is C20H18ClN3O2. The van der Waals surface area contributed by atoms with Crippen LogP contribution in [0.1, 0.15) is 24.3 Å². The summed E-state index contributed by atoms with van der Waals surface area (Å²) in [7, 11) is 0. The van der Waals surface area contributed by atoms with Gasteiger partial charge < -0.3 is 10.6 Å². The number of hydrogen-bond donors (Lipinski definition) is 2. The minimum Gasteiger partial charge on any atom is -0.326 e. The van der Waals surface area contributed by atoms with Crippen LogP contribution in [0.5, 0.6) is 0 Å². The van der Waals surface area contributed by atoms with Crippen LogP contribution in [0.4, 0.5) is 11.4 Å². The van der Waals surface area contributed by atoms with E-state index in [1.54, 1.807) is 30.3 Å². The number of rotatable bonds is 4. The van der Waals surface area contributed by atoms with Crippen LogP contribution in [0.3, 0.4) is 0 Å². The molecule has 0 aliphatic rings. The fourth-order valence-corrected chi connectivity index (χ4v) is 2.69. The predicted molar refractivity (Wildman–Crippen MR) is 105 cm³/mol. The van der Waals surface area contributed by atoms with E-state index in [9.17, 15) is 9.59 Å². The van der Waals surface area contributed by atoms with Crippen LogP contribution in [-0.4, -0.2) is 16.8 Å². The zero-order valence-electron chi connectivity index (χ0n) is 14.4. The van der Waals surface area contributed by atoms with Crippen molar-refractivity contribution in [1.82, 2.24) is 4.98 Å². The van der Waals surface area contributed by atoms with E-state index < -0.39 is 0 Å². The summed E-state index contributed by atoms with van der Waals surface area (Å²) in [6, 6.07) is 16.1. The Kier molecular flexibility index (Phi) is 5.19. The molecule has 2 N–H and O–H groups in total. The molecule has 0 fully saturated rings. The molecule has 132 valence electrons. The standard InChI is InChI=1S/C20H18ClN3O2/c1-12(2)19(25)22-14-7-5-8-15(11-14)23-20(26)17-10-13-6-3-4-9-16(13)18(21)24-17/h3-12H,1-2H3,(H,22,25)(H,23,26). The second-order valence-electron chi connectivity index (χ2n) is 6.20. The molecule has 0 unspecified atom stereocenters. The predicted octanol–water partition coefficient (Wildman–Crippen LogP) is 4.74. The second kappa shape index (κ2) is 7.54. The van der Waals surface area contributed by atoms with Gasteiger partial charge in [0, 0.05) is 22.7 Å². The molecule has 3 rings (SSSR count). The Morgan fingerprint density at radius 2 is 1.65 bits per heavy atom. The van der Waals surface area contributed by atoms with Gasteiger partial charge in [0.05, 0.1) is 0 Å². The van der Waals surface area contributed by atoms with E-state index in [0.29, 0.717) is 11.4 Å². The number of anilines is 2. The van der Waals surface area contributed by atoms with Crippen LogP contribution >= 0.6 is 11.6 Å². The number of benzene rings is 2. The van der Waals surface area contributed by atoms with Crippen molar-refractivity contribution < 1.29 is 9.59 Å². The first kappa shape index (κ1) is 17.9. The van der Waals surface area contributed by atoms with E-state index in [1.165, 1.54) is 0 Å². The number of carbonyl (C=O) groups excluding carboxylic acids is 2. The molecule has 0 aliphatic carbocycles. The Morgan fingerprint density at radius 1 is 0.962 bits per heavy atom. The van der Waals surface area contributed by atoms with Gasteiger partial charge in [-0.15, -0.1) is 0 Å². The summed E-state index contributed by atoms with van der Waals surface area (Å²) in [5.41, 5.74) is 1.40. The number of pyridine rings is 1. The molecule has 1 heterocycles. The van der Waals surface area contributed by atoms with Crippen LogP contribution < -0.4 is 10.6 Å². The first-order chi connectivity index (χ1) is 12.4. The Balaban J connectivity index is 1.81. The molecule has 0 bridgehead atoms. The van der Waals surface area contributed by atoms with Crippen LogP contribution in [0.25, 0.3) is 10.8 Å². The van der Waals surface area contributed by atoms with Crippen molar-refractivity contribution >= 4 is 45.6 Å². The largest absolute Gasteiger partial charge is 0.326 e. The molecule has 0 saturated carbocycles. The van der Waals surface area contributed by atoms with Gasteiger partial charge in [0.2, 0.25) is 5.91 Å². The highest BCUT2D eigenvalue weighted by Gasteiger charge is 2.12. The van der Waals surface area contributed by atoms with Gasteiger partial charge in [-0.1, -0.05) is 55.8 Å². The lowest BCUT2D eigenvalue weighted by Gasteiger charge is -2.10. The van der Waals surface area contributed by atoms with Crippen LogP contribution in [-0.2, 0) is 4.79 Å². The third-order valence-electron chi connectivity index (χ3n) is 3.84. The van der Waals surface area contributed by atoms with Crippen molar-refractivity contribution in [3.05, 3.63) is 65.4 Å². The van der Waals surface area contributed by atoms with Crippen molar-refractivity contribution in [3.8, 4) is 0 Å². The summed E-state index contributed by atoms with van der Waals surface area (Å²) < 4.78 is 0. The van der Waals surface area contributed by atoms with Crippen molar-refractivity contribution in [3.63, 3.8) is 0 Å². The van der Waals surface area contributed by atoms with E-state index in [4.69, 9.17) is 11.6 Å². The first-order valence-electron chi connectivity index (χ1n) is 8.21. The monoisotopic (exact) mass is 367 g/mol. The molecule has 5 nitrogen and oxygen atoms in total. The van der Waals surface area contributed by atoms with Gasteiger partial charge >= 0.3 is 0 Å². The van der Waals surface area contributed by atoms with E-state index in [0.717, 1.165) is 10.8 Å². The Labute approximate surface area is 156 Å². The number of fused-ring (bicyclic) bond motifs is 1. The Morgan fingerprint density at radius 3 is 2.38 bits per heavy atom. The highest BCUT2D eigenvalue weighted by molar-refractivity contribution is 6.34. The molecule has 26 heavy (non-hydrogen) atoms. The maximum absolute atomic E-state index is 12.5. The van der Waals surface area contributed by atoms with Crippen molar-refractivity contribution in [1.29, 1.82) is 0 Å². The van der Waals surface area contributed by atoms with Gasteiger partial charge in [0.15, 0.2) is 0 Å². The summed E-state index contributed by atoms with van der Waals surface area (Å²) in [6.07, 6.45) is 0. The average Bonchev–Trinajstić information content (AvgIpc) is 2.62. The summed E-state index contributed by atoms with van der Waals surface area (Å²) in [5.74, 6) is -0.585. The zero-order valence-corrected chi connectivity index (χ0v) is 15.2. The van der Waals surface area contributed by atoms with Crippen molar-refractivity contribution in [2.45, 2.75) is 13.8 Å². The smallest absolute Gasteiger partial charge is 0.274 e. The van der Waals surface area contributed by atoms with Gasteiger partial charge in [-0.25, -0.2) is 4.98 Å². The van der Waals surface area contributed by atoms with Gasteiger partial charge in [-0.2, -0.15) is 0 Å². The molecule has 1 aromatic heterocycles. The highest BCUT2D eigenvalue weighted by Crippen LogP contribution is 2.23. The minimum absolute atomic E-state index is 0.0866. The van der Waals surface area contributed by atoms with E-state index in [-0.39, 0.29) is 28.6 Å².